The van der Waals surface area contributed by atoms with Crippen molar-refractivity contribution >= 4 is 23.3 Å². The Bertz CT molecular complexity index is 1130. The zero-order valence-electron chi connectivity index (χ0n) is 19.6. The summed E-state index contributed by atoms with van der Waals surface area (Å²) >= 11 is 6.33. The standard InChI is InChI=1S/C28H32ClNO4/c1-3-25(31)27(2)12-10-20(27)15-30-16-28(11-4-5-18-13-21(29)7-8-22(18)28)17-34-24-9-6-19(26(32)33)14-23(24)30/h3,6-9,13-14,20,25,31H,1,4-5,10-12,15-17H2,2H3,(H,32,33)/t20-,25?,27+,28-/m0/s1. The van der Waals surface area contributed by atoms with Crippen LogP contribution in [0.25, 0.3) is 0 Å². The van der Waals surface area contributed by atoms with Crippen LogP contribution < -0.4 is 9.64 Å². The SMILES string of the molecule is C=CC(O)[C@]1(C)CC[C@H]1CN1C[C@@]2(CCCc3cc(Cl)ccc32)COc2ccc(C(=O)O)cc21. The molecule has 0 aromatic heterocycles. The number of halogens is 1. The van der Waals surface area contributed by atoms with Crippen molar-refractivity contribution in [2.45, 2.75) is 50.5 Å². The number of carboxylic acids is 1. The first-order valence-electron chi connectivity index (χ1n) is 12.1. The molecule has 2 aliphatic carbocycles. The minimum atomic E-state index is -0.949. The van der Waals surface area contributed by atoms with Crippen LogP contribution in [0.1, 0.15) is 54.1 Å². The number of carbonyl (C=O) groups is 1. The number of benzene rings is 2. The molecule has 2 aromatic carbocycles. The van der Waals surface area contributed by atoms with E-state index in [0.29, 0.717) is 12.4 Å². The molecule has 1 spiro atoms. The second-order valence-corrected chi connectivity index (χ2v) is 11.0. The topological polar surface area (TPSA) is 70.0 Å². The van der Waals surface area contributed by atoms with Crippen molar-refractivity contribution in [2.75, 3.05) is 24.6 Å². The molecule has 0 radical (unpaired) electrons. The molecule has 0 bridgehead atoms. The number of anilines is 1. The van der Waals surface area contributed by atoms with E-state index in [1.54, 1.807) is 24.3 Å². The summed E-state index contributed by atoms with van der Waals surface area (Å²) in [6.07, 6.45) is 6.09. The van der Waals surface area contributed by atoms with Crippen LogP contribution in [0.2, 0.25) is 5.02 Å². The van der Waals surface area contributed by atoms with E-state index in [1.165, 1.54) is 11.1 Å². The molecule has 3 aliphatic rings. The second kappa shape index (κ2) is 8.62. The van der Waals surface area contributed by atoms with Gasteiger partial charge >= 0.3 is 5.97 Å². The monoisotopic (exact) mass is 481 g/mol. The zero-order chi connectivity index (χ0) is 24.1. The third-order valence-electron chi connectivity index (χ3n) is 8.59. The Morgan fingerprint density at radius 1 is 1.32 bits per heavy atom. The lowest BCUT2D eigenvalue weighted by Gasteiger charge is -2.52. The van der Waals surface area contributed by atoms with E-state index in [-0.39, 0.29) is 22.3 Å². The Labute approximate surface area is 206 Å². The fourth-order valence-corrected chi connectivity index (χ4v) is 6.47. The summed E-state index contributed by atoms with van der Waals surface area (Å²) < 4.78 is 6.41. The van der Waals surface area contributed by atoms with Crippen LogP contribution in [0.4, 0.5) is 5.69 Å². The van der Waals surface area contributed by atoms with Gasteiger partial charge < -0.3 is 19.8 Å². The van der Waals surface area contributed by atoms with Crippen LogP contribution in [0.5, 0.6) is 5.75 Å². The van der Waals surface area contributed by atoms with Gasteiger partial charge in [-0.25, -0.2) is 4.79 Å². The van der Waals surface area contributed by atoms with E-state index >= 15 is 0 Å². The normalized spacial score (nSPS) is 28.7. The van der Waals surface area contributed by atoms with Gasteiger partial charge in [0.2, 0.25) is 0 Å². The Kier molecular flexibility index (Phi) is 5.89. The van der Waals surface area contributed by atoms with Crippen molar-refractivity contribution in [2.24, 2.45) is 11.3 Å². The van der Waals surface area contributed by atoms with Crippen LogP contribution in [0.15, 0.2) is 49.1 Å². The fraction of sp³-hybridized carbons (Fsp3) is 0.464. The number of fused-ring (bicyclic) bond motifs is 3. The highest BCUT2D eigenvalue weighted by Gasteiger charge is 2.49. The van der Waals surface area contributed by atoms with E-state index < -0.39 is 12.1 Å². The number of aryl methyl sites for hydroxylation is 1. The lowest BCUT2D eigenvalue weighted by molar-refractivity contribution is -0.0466. The molecule has 1 fully saturated rings. The summed E-state index contributed by atoms with van der Waals surface area (Å²) in [7, 11) is 0. The van der Waals surface area contributed by atoms with Crippen molar-refractivity contribution in [1.29, 1.82) is 0 Å². The van der Waals surface area contributed by atoms with E-state index in [1.807, 2.05) is 6.07 Å². The number of nitrogens with zero attached hydrogens (tertiary/aromatic N) is 1. The first-order chi connectivity index (χ1) is 16.3. The molecule has 0 saturated heterocycles. The van der Waals surface area contributed by atoms with Crippen LogP contribution in [0.3, 0.4) is 0 Å². The van der Waals surface area contributed by atoms with Crippen molar-refractivity contribution < 1.29 is 19.7 Å². The lowest BCUT2D eigenvalue weighted by Crippen LogP contribution is -2.53. The highest BCUT2D eigenvalue weighted by atomic mass is 35.5. The number of hydrogen-bond donors (Lipinski definition) is 2. The number of aliphatic hydroxyl groups is 1. The lowest BCUT2D eigenvalue weighted by atomic mass is 9.58. The molecular weight excluding hydrogens is 450 g/mol. The highest BCUT2D eigenvalue weighted by molar-refractivity contribution is 6.30. The molecule has 180 valence electrons. The maximum atomic E-state index is 11.8. The van der Waals surface area contributed by atoms with Crippen molar-refractivity contribution in [3.05, 3.63) is 70.8 Å². The predicted octanol–water partition coefficient (Wildman–Crippen LogP) is 5.47. The molecule has 2 N–H and O–H groups in total. The predicted molar refractivity (Wildman–Crippen MR) is 134 cm³/mol. The molecule has 5 nitrogen and oxygen atoms in total. The highest BCUT2D eigenvalue weighted by Crippen LogP contribution is 2.51. The number of ether oxygens (including phenoxy) is 1. The average molecular weight is 482 g/mol. The molecular formula is C28H32ClNO4. The molecule has 2 aromatic rings. The zero-order valence-corrected chi connectivity index (χ0v) is 20.4. The van der Waals surface area contributed by atoms with Gasteiger partial charge in [0, 0.05) is 28.9 Å². The van der Waals surface area contributed by atoms with Gasteiger partial charge in [-0.1, -0.05) is 30.7 Å². The maximum absolute atomic E-state index is 11.8. The molecule has 6 heteroatoms. The summed E-state index contributed by atoms with van der Waals surface area (Å²) in [4.78, 5) is 14.1. The average Bonchev–Trinajstić information content (AvgIpc) is 2.97. The van der Waals surface area contributed by atoms with Crippen molar-refractivity contribution in [1.82, 2.24) is 0 Å². The Morgan fingerprint density at radius 3 is 2.85 bits per heavy atom. The molecule has 0 amide bonds. The van der Waals surface area contributed by atoms with Crippen molar-refractivity contribution in [3.63, 3.8) is 0 Å². The Morgan fingerprint density at radius 2 is 2.15 bits per heavy atom. The summed E-state index contributed by atoms with van der Waals surface area (Å²) in [5.41, 5.74) is 3.18. The van der Waals surface area contributed by atoms with Gasteiger partial charge in [-0.3, -0.25) is 0 Å². The molecule has 1 saturated carbocycles. The van der Waals surface area contributed by atoms with Crippen LogP contribution in [-0.4, -0.2) is 42.0 Å². The summed E-state index contributed by atoms with van der Waals surface area (Å²) in [5.74, 6) is 0.0356. The number of rotatable bonds is 5. The largest absolute Gasteiger partial charge is 0.490 e. The summed E-state index contributed by atoms with van der Waals surface area (Å²) in [6.45, 7) is 7.94. The Balaban J connectivity index is 1.56. The van der Waals surface area contributed by atoms with Gasteiger partial charge in [0.1, 0.15) is 5.75 Å². The molecule has 5 rings (SSSR count). The van der Waals surface area contributed by atoms with Gasteiger partial charge in [0.25, 0.3) is 0 Å². The third kappa shape index (κ3) is 3.79. The van der Waals surface area contributed by atoms with Crippen molar-refractivity contribution in [3.8, 4) is 5.75 Å². The van der Waals surface area contributed by atoms with Gasteiger partial charge in [0.05, 0.1) is 24.0 Å². The van der Waals surface area contributed by atoms with Gasteiger partial charge in [-0.2, -0.15) is 0 Å². The van der Waals surface area contributed by atoms with E-state index in [9.17, 15) is 15.0 Å². The van der Waals surface area contributed by atoms with Gasteiger partial charge in [-0.05, 0) is 79.5 Å². The minimum Gasteiger partial charge on any atom is -0.490 e. The molecule has 34 heavy (non-hydrogen) atoms. The molecule has 4 atom stereocenters. The van der Waals surface area contributed by atoms with Crippen LogP contribution in [0, 0.1) is 11.3 Å². The van der Waals surface area contributed by atoms with E-state index in [4.69, 9.17) is 16.3 Å². The third-order valence-corrected chi connectivity index (χ3v) is 8.82. The summed E-state index contributed by atoms with van der Waals surface area (Å²) in [5, 5.41) is 21.1. The number of carboxylic acid groups (broad SMARTS) is 1. The number of aromatic carboxylic acids is 1. The number of aliphatic hydroxyl groups excluding tert-OH is 1. The van der Waals surface area contributed by atoms with E-state index in [0.717, 1.165) is 55.9 Å². The van der Waals surface area contributed by atoms with Crippen LogP contribution in [-0.2, 0) is 11.8 Å². The summed E-state index contributed by atoms with van der Waals surface area (Å²) in [6, 6.07) is 11.3. The second-order valence-electron chi connectivity index (χ2n) is 10.5. The fourth-order valence-electron chi connectivity index (χ4n) is 6.28. The first kappa shape index (κ1) is 23.3. The number of hydrogen-bond acceptors (Lipinski definition) is 4. The van der Waals surface area contributed by atoms with Gasteiger partial charge in [-0.15, -0.1) is 6.58 Å². The maximum Gasteiger partial charge on any atom is 0.335 e. The molecule has 1 unspecified atom stereocenters. The molecule has 1 aliphatic heterocycles. The Hall–Kier alpha value is -2.50. The van der Waals surface area contributed by atoms with Gasteiger partial charge in [0.15, 0.2) is 0 Å². The first-order valence-corrected chi connectivity index (χ1v) is 12.5. The molecule has 1 heterocycles. The minimum absolute atomic E-state index is 0.211. The van der Waals surface area contributed by atoms with Crippen LogP contribution >= 0.6 is 11.6 Å². The van der Waals surface area contributed by atoms with E-state index in [2.05, 4.69) is 30.5 Å². The quantitative estimate of drug-likeness (QED) is 0.554. The smallest absolute Gasteiger partial charge is 0.335 e.